The quantitative estimate of drug-likeness (QED) is 0.798. The molecule has 0 aromatic carbocycles. The molecule has 1 N–H and O–H groups in total. The van der Waals surface area contributed by atoms with Crippen LogP contribution in [0.5, 0.6) is 0 Å². The predicted molar refractivity (Wildman–Crippen MR) is 74.9 cm³/mol. The van der Waals surface area contributed by atoms with Gasteiger partial charge in [-0.2, -0.15) is 17.0 Å². The van der Waals surface area contributed by atoms with Gasteiger partial charge in [0.1, 0.15) is 0 Å². The Morgan fingerprint density at radius 1 is 0.895 bits per heavy atom. The van der Waals surface area contributed by atoms with E-state index in [1.54, 1.807) is 8.61 Å². The van der Waals surface area contributed by atoms with Crippen LogP contribution in [-0.2, 0) is 10.2 Å². The molecular weight excluding hydrogens is 262 g/mol. The van der Waals surface area contributed by atoms with Gasteiger partial charge in [0.2, 0.25) is 0 Å². The fraction of sp³-hybridized carbons (Fsp3) is 1.00. The molecule has 0 amide bonds. The highest BCUT2D eigenvalue weighted by Crippen LogP contribution is 2.31. The minimum absolute atomic E-state index is 0.474. The number of nitrogens with zero attached hydrogens (tertiary/aromatic N) is 2. The first-order chi connectivity index (χ1) is 8.96. The van der Waals surface area contributed by atoms with Crippen LogP contribution in [0.15, 0.2) is 0 Å². The zero-order valence-corrected chi connectivity index (χ0v) is 12.7. The molecule has 110 valence electrons. The fourth-order valence-electron chi connectivity index (χ4n) is 3.96. The van der Waals surface area contributed by atoms with Crippen LogP contribution in [-0.4, -0.2) is 56.3 Å². The molecule has 5 nitrogen and oxygen atoms in total. The van der Waals surface area contributed by atoms with Crippen LogP contribution in [0.25, 0.3) is 0 Å². The van der Waals surface area contributed by atoms with Gasteiger partial charge in [0, 0.05) is 26.2 Å². The second-order valence-corrected chi connectivity index (χ2v) is 8.69. The van der Waals surface area contributed by atoms with Gasteiger partial charge >= 0.3 is 0 Å². The van der Waals surface area contributed by atoms with E-state index in [9.17, 15) is 8.42 Å². The van der Waals surface area contributed by atoms with Gasteiger partial charge in [-0.15, -0.1) is 0 Å². The van der Waals surface area contributed by atoms with E-state index < -0.39 is 10.2 Å². The van der Waals surface area contributed by atoms with Gasteiger partial charge in [0.15, 0.2) is 0 Å². The van der Waals surface area contributed by atoms with Crippen LogP contribution in [0.1, 0.15) is 20.3 Å². The van der Waals surface area contributed by atoms with Crippen LogP contribution in [0.3, 0.4) is 0 Å². The first-order valence-corrected chi connectivity index (χ1v) is 8.82. The van der Waals surface area contributed by atoms with E-state index in [1.807, 2.05) is 0 Å². The van der Waals surface area contributed by atoms with Gasteiger partial charge in [-0.3, -0.25) is 0 Å². The highest BCUT2D eigenvalue weighted by Gasteiger charge is 2.44. The molecule has 0 saturated carbocycles. The molecule has 0 spiro atoms. The van der Waals surface area contributed by atoms with Gasteiger partial charge < -0.3 is 5.32 Å². The van der Waals surface area contributed by atoms with Crippen molar-refractivity contribution >= 4 is 10.2 Å². The van der Waals surface area contributed by atoms with Gasteiger partial charge in [0.25, 0.3) is 10.2 Å². The third-order valence-electron chi connectivity index (χ3n) is 4.84. The number of hydrogen-bond donors (Lipinski definition) is 1. The third-order valence-corrected chi connectivity index (χ3v) is 6.75. The Hall–Kier alpha value is -0.170. The van der Waals surface area contributed by atoms with E-state index in [0.717, 1.165) is 19.5 Å². The molecule has 3 fully saturated rings. The summed E-state index contributed by atoms with van der Waals surface area (Å²) in [4.78, 5) is 0. The molecule has 6 heteroatoms. The Labute approximate surface area is 116 Å². The fourth-order valence-corrected chi connectivity index (χ4v) is 5.93. The lowest BCUT2D eigenvalue weighted by Crippen LogP contribution is -2.49. The Balaban J connectivity index is 1.72. The van der Waals surface area contributed by atoms with E-state index in [2.05, 4.69) is 19.2 Å². The molecule has 3 heterocycles. The molecule has 4 atom stereocenters. The van der Waals surface area contributed by atoms with Crippen LogP contribution in [0.2, 0.25) is 0 Å². The standard InChI is InChI=1S/C13H25N3O2S/c1-10-3-11(2)7-15(6-10)19(17,18)16-8-12-4-14-5-13(12)9-16/h10-14H,3-9H2,1-2H3. The van der Waals surface area contributed by atoms with Crippen LogP contribution >= 0.6 is 0 Å². The number of rotatable bonds is 2. The number of nitrogens with one attached hydrogen (secondary N) is 1. The zero-order valence-electron chi connectivity index (χ0n) is 11.9. The van der Waals surface area contributed by atoms with Crippen molar-refractivity contribution in [1.82, 2.24) is 13.9 Å². The number of hydrogen-bond acceptors (Lipinski definition) is 3. The van der Waals surface area contributed by atoms with Gasteiger partial charge in [-0.05, 0) is 43.2 Å². The Morgan fingerprint density at radius 2 is 1.37 bits per heavy atom. The van der Waals surface area contributed by atoms with Crippen molar-refractivity contribution in [1.29, 1.82) is 0 Å². The summed E-state index contributed by atoms with van der Waals surface area (Å²) in [5.74, 6) is 1.99. The summed E-state index contributed by atoms with van der Waals surface area (Å²) in [5, 5.41) is 3.35. The first kappa shape index (κ1) is 13.8. The lowest BCUT2D eigenvalue weighted by molar-refractivity contribution is 0.211. The van der Waals surface area contributed by atoms with Crippen molar-refractivity contribution in [2.24, 2.45) is 23.7 Å². The second kappa shape index (κ2) is 4.98. The average molecular weight is 287 g/mol. The lowest BCUT2D eigenvalue weighted by Gasteiger charge is -2.36. The van der Waals surface area contributed by atoms with E-state index in [4.69, 9.17) is 0 Å². The SMILES string of the molecule is CC1CC(C)CN(S(=O)(=O)N2CC3CNCC3C2)C1. The molecule has 0 aromatic rings. The molecule has 3 aliphatic heterocycles. The maximum atomic E-state index is 12.7. The Bertz CT molecular complexity index is 417. The molecule has 0 aromatic heterocycles. The molecule has 3 saturated heterocycles. The Kier molecular flexibility index (Phi) is 3.62. The second-order valence-electron chi connectivity index (χ2n) is 6.77. The normalized spacial score (nSPS) is 41.6. The van der Waals surface area contributed by atoms with Gasteiger partial charge in [0.05, 0.1) is 0 Å². The Morgan fingerprint density at radius 3 is 1.89 bits per heavy atom. The minimum Gasteiger partial charge on any atom is -0.316 e. The summed E-state index contributed by atoms with van der Waals surface area (Å²) in [6.07, 6.45) is 1.14. The monoisotopic (exact) mass is 287 g/mol. The molecule has 3 aliphatic rings. The number of fused-ring (bicyclic) bond motifs is 1. The highest BCUT2D eigenvalue weighted by molar-refractivity contribution is 7.86. The summed E-state index contributed by atoms with van der Waals surface area (Å²) in [7, 11) is -3.23. The molecule has 3 rings (SSSR count). The highest BCUT2D eigenvalue weighted by atomic mass is 32.2. The first-order valence-electron chi connectivity index (χ1n) is 7.42. The van der Waals surface area contributed by atoms with Crippen molar-refractivity contribution in [3.63, 3.8) is 0 Å². The molecule has 4 unspecified atom stereocenters. The van der Waals surface area contributed by atoms with Gasteiger partial charge in [-0.25, -0.2) is 0 Å². The molecular formula is C13H25N3O2S. The molecule has 0 radical (unpaired) electrons. The van der Waals surface area contributed by atoms with E-state index >= 15 is 0 Å². The minimum atomic E-state index is -3.23. The summed E-state index contributed by atoms with van der Waals surface area (Å²) in [6.45, 7) is 9.06. The summed E-state index contributed by atoms with van der Waals surface area (Å²) in [6, 6.07) is 0. The molecule has 0 aliphatic carbocycles. The average Bonchev–Trinajstić information content (AvgIpc) is 2.87. The lowest BCUT2D eigenvalue weighted by atomic mass is 9.94. The third kappa shape index (κ3) is 2.55. The van der Waals surface area contributed by atoms with Crippen molar-refractivity contribution in [2.75, 3.05) is 39.3 Å². The smallest absolute Gasteiger partial charge is 0.282 e. The van der Waals surface area contributed by atoms with Crippen molar-refractivity contribution in [3.05, 3.63) is 0 Å². The van der Waals surface area contributed by atoms with Crippen molar-refractivity contribution in [2.45, 2.75) is 20.3 Å². The van der Waals surface area contributed by atoms with E-state index in [0.29, 0.717) is 49.9 Å². The van der Waals surface area contributed by atoms with Crippen molar-refractivity contribution in [3.8, 4) is 0 Å². The summed E-state index contributed by atoms with van der Waals surface area (Å²) in [5.41, 5.74) is 0. The number of piperidine rings is 1. The topological polar surface area (TPSA) is 52.7 Å². The van der Waals surface area contributed by atoms with Gasteiger partial charge in [-0.1, -0.05) is 13.8 Å². The van der Waals surface area contributed by atoms with Crippen LogP contribution in [0.4, 0.5) is 0 Å². The zero-order chi connectivity index (χ0) is 13.6. The predicted octanol–water partition coefficient (Wildman–Crippen LogP) is 0.360. The largest absolute Gasteiger partial charge is 0.316 e. The van der Waals surface area contributed by atoms with E-state index in [1.165, 1.54) is 0 Å². The maximum Gasteiger partial charge on any atom is 0.282 e. The van der Waals surface area contributed by atoms with Crippen LogP contribution < -0.4 is 5.32 Å². The maximum absolute atomic E-state index is 12.7. The van der Waals surface area contributed by atoms with E-state index in [-0.39, 0.29) is 0 Å². The molecule has 19 heavy (non-hydrogen) atoms. The van der Waals surface area contributed by atoms with Crippen molar-refractivity contribution < 1.29 is 8.42 Å². The van der Waals surface area contributed by atoms with Crippen LogP contribution in [0, 0.1) is 23.7 Å². The molecule has 0 bridgehead atoms. The summed E-state index contributed by atoms with van der Waals surface area (Å²) < 4.78 is 28.9. The summed E-state index contributed by atoms with van der Waals surface area (Å²) >= 11 is 0.